The zero-order valence-electron chi connectivity index (χ0n) is 12.9. The number of carbonyl (C=O) groups is 1. The lowest BCUT2D eigenvalue weighted by Crippen LogP contribution is -2.51. The molecule has 1 fully saturated rings. The highest BCUT2D eigenvalue weighted by Gasteiger charge is 2.31. The summed E-state index contributed by atoms with van der Waals surface area (Å²) in [7, 11) is 0. The number of hydrogen-bond acceptors (Lipinski definition) is 3. The van der Waals surface area contributed by atoms with Crippen LogP contribution in [-0.2, 0) is 0 Å². The fraction of sp³-hybridized carbons (Fsp3) is 0.412. The normalized spacial score (nSPS) is 21.8. The average molecular weight is 298 g/mol. The van der Waals surface area contributed by atoms with Crippen molar-refractivity contribution in [3.8, 4) is 5.69 Å². The van der Waals surface area contributed by atoms with Gasteiger partial charge in [-0.15, -0.1) is 0 Å². The number of likely N-dealkylation sites (tertiary alicyclic amines) is 1. The van der Waals surface area contributed by atoms with Gasteiger partial charge in [-0.25, -0.2) is 4.98 Å². The van der Waals surface area contributed by atoms with Gasteiger partial charge in [0.2, 0.25) is 0 Å². The molecule has 1 aromatic heterocycles. The van der Waals surface area contributed by atoms with E-state index in [9.17, 15) is 4.79 Å². The van der Waals surface area contributed by atoms with Crippen LogP contribution < -0.4 is 5.73 Å². The van der Waals surface area contributed by atoms with Gasteiger partial charge in [0.25, 0.3) is 5.91 Å². The van der Waals surface area contributed by atoms with Crippen LogP contribution in [0.15, 0.2) is 43.0 Å². The van der Waals surface area contributed by atoms with Gasteiger partial charge in [0, 0.05) is 42.8 Å². The van der Waals surface area contributed by atoms with Crippen molar-refractivity contribution >= 4 is 5.91 Å². The first-order valence-corrected chi connectivity index (χ1v) is 7.80. The van der Waals surface area contributed by atoms with Crippen LogP contribution >= 0.6 is 0 Å². The predicted molar refractivity (Wildman–Crippen MR) is 85.8 cm³/mol. The number of nitrogens with two attached hydrogens (primary N) is 1. The maximum Gasteiger partial charge on any atom is 0.254 e. The highest BCUT2D eigenvalue weighted by atomic mass is 16.2. The molecule has 1 aliphatic heterocycles. The predicted octanol–water partition coefficient (Wildman–Crippen LogP) is 2.07. The zero-order chi connectivity index (χ0) is 15.5. The maximum atomic E-state index is 12.9. The van der Waals surface area contributed by atoms with Gasteiger partial charge in [0.05, 0.1) is 6.33 Å². The van der Waals surface area contributed by atoms with Crippen molar-refractivity contribution in [2.75, 3.05) is 13.1 Å². The quantitative estimate of drug-likeness (QED) is 0.943. The number of hydrogen-bond donors (Lipinski definition) is 1. The van der Waals surface area contributed by atoms with E-state index in [0.29, 0.717) is 18.0 Å². The molecular weight excluding hydrogens is 276 g/mol. The molecular formula is C17H22N4O. The molecule has 0 radical (unpaired) electrons. The molecule has 2 N–H and O–H groups in total. The van der Waals surface area contributed by atoms with Crippen LogP contribution in [0.5, 0.6) is 0 Å². The lowest BCUT2D eigenvalue weighted by Gasteiger charge is -2.39. The van der Waals surface area contributed by atoms with Crippen LogP contribution in [0.25, 0.3) is 5.69 Å². The van der Waals surface area contributed by atoms with E-state index >= 15 is 0 Å². The van der Waals surface area contributed by atoms with Gasteiger partial charge in [0.15, 0.2) is 0 Å². The minimum absolute atomic E-state index is 0.0731. The molecule has 3 rings (SSSR count). The van der Waals surface area contributed by atoms with Crippen LogP contribution in [0.4, 0.5) is 0 Å². The van der Waals surface area contributed by atoms with Crippen molar-refractivity contribution in [1.82, 2.24) is 14.5 Å². The van der Waals surface area contributed by atoms with Gasteiger partial charge in [-0.05, 0) is 37.0 Å². The topological polar surface area (TPSA) is 64.2 Å². The first-order chi connectivity index (χ1) is 10.7. The molecule has 0 saturated carbocycles. The third-order valence-electron chi connectivity index (χ3n) is 4.51. The summed E-state index contributed by atoms with van der Waals surface area (Å²) in [6.45, 7) is 3.49. The van der Waals surface area contributed by atoms with Crippen molar-refractivity contribution in [3.63, 3.8) is 0 Å². The van der Waals surface area contributed by atoms with E-state index in [1.165, 1.54) is 0 Å². The third kappa shape index (κ3) is 2.76. The Morgan fingerprint density at radius 1 is 1.45 bits per heavy atom. The Labute approximate surface area is 130 Å². The summed E-state index contributed by atoms with van der Waals surface area (Å²) in [5, 5.41) is 0. The Balaban J connectivity index is 1.87. The molecule has 0 unspecified atom stereocenters. The standard InChI is InChI=1S/C17H22N4O/c1-13-4-3-8-21(16(13)11-18)17(22)14-5-2-6-15(10-14)20-9-7-19-12-20/h2,5-7,9-10,12-13,16H,3-4,8,11,18H2,1H3/t13-,16+/m1/s1. The molecule has 5 heteroatoms. The number of nitrogens with zero attached hydrogens (tertiary/aromatic N) is 3. The number of carbonyl (C=O) groups excluding carboxylic acids is 1. The molecule has 2 heterocycles. The van der Waals surface area contributed by atoms with Crippen LogP contribution in [0, 0.1) is 5.92 Å². The Kier molecular flexibility index (Phi) is 4.24. The van der Waals surface area contributed by atoms with Crippen molar-refractivity contribution in [1.29, 1.82) is 0 Å². The van der Waals surface area contributed by atoms with Crippen molar-refractivity contribution in [2.24, 2.45) is 11.7 Å². The number of piperidine rings is 1. The molecule has 1 amide bonds. The third-order valence-corrected chi connectivity index (χ3v) is 4.51. The van der Waals surface area contributed by atoms with Crippen molar-refractivity contribution < 1.29 is 4.79 Å². The zero-order valence-corrected chi connectivity index (χ0v) is 12.9. The first-order valence-electron chi connectivity index (χ1n) is 7.80. The molecule has 1 aromatic carbocycles. The van der Waals surface area contributed by atoms with Gasteiger partial charge in [-0.3, -0.25) is 4.79 Å². The summed E-state index contributed by atoms with van der Waals surface area (Å²) < 4.78 is 1.90. The molecule has 1 aliphatic rings. The Hall–Kier alpha value is -2.14. The Morgan fingerprint density at radius 3 is 3.05 bits per heavy atom. The molecule has 5 nitrogen and oxygen atoms in total. The van der Waals surface area contributed by atoms with Crippen molar-refractivity contribution in [3.05, 3.63) is 48.5 Å². The second kappa shape index (κ2) is 6.32. The van der Waals surface area contributed by atoms with E-state index in [2.05, 4.69) is 11.9 Å². The van der Waals surface area contributed by atoms with E-state index < -0.39 is 0 Å². The lowest BCUT2D eigenvalue weighted by atomic mass is 9.90. The van der Waals surface area contributed by atoms with E-state index in [4.69, 9.17) is 5.73 Å². The summed E-state index contributed by atoms with van der Waals surface area (Å²) in [6, 6.07) is 7.80. The van der Waals surface area contributed by atoms with E-state index in [0.717, 1.165) is 25.1 Å². The van der Waals surface area contributed by atoms with Gasteiger partial charge in [-0.2, -0.15) is 0 Å². The minimum Gasteiger partial charge on any atom is -0.334 e. The SMILES string of the molecule is C[C@@H]1CCCN(C(=O)c2cccc(-n3ccnc3)c2)[C@H]1CN. The summed E-state index contributed by atoms with van der Waals surface area (Å²) >= 11 is 0. The molecule has 22 heavy (non-hydrogen) atoms. The number of benzene rings is 1. The van der Waals surface area contributed by atoms with Crippen LogP contribution in [-0.4, -0.2) is 39.5 Å². The maximum absolute atomic E-state index is 12.9. The van der Waals surface area contributed by atoms with Gasteiger partial charge in [-0.1, -0.05) is 13.0 Å². The number of amides is 1. The number of rotatable bonds is 3. The summed E-state index contributed by atoms with van der Waals surface area (Å²) in [5.74, 6) is 0.531. The van der Waals surface area contributed by atoms with Crippen LogP contribution in [0.3, 0.4) is 0 Å². The van der Waals surface area contributed by atoms with Crippen LogP contribution in [0.1, 0.15) is 30.1 Å². The Bertz CT molecular complexity index is 638. The number of imidazole rings is 1. The van der Waals surface area contributed by atoms with Crippen LogP contribution in [0.2, 0.25) is 0 Å². The highest BCUT2D eigenvalue weighted by Crippen LogP contribution is 2.24. The second-order valence-electron chi connectivity index (χ2n) is 5.94. The second-order valence-corrected chi connectivity index (χ2v) is 5.94. The number of aromatic nitrogens is 2. The lowest BCUT2D eigenvalue weighted by molar-refractivity contribution is 0.0532. The first kappa shape index (κ1) is 14.8. The monoisotopic (exact) mass is 298 g/mol. The Morgan fingerprint density at radius 2 is 2.32 bits per heavy atom. The molecule has 0 aliphatic carbocycles. The van der Waals surface area contributed by atoms with Gasteiger partial charge in [0.1, 0.15) is 0 Å². The summed E-state index contributed by atoms with van der Waals surface area (Å²) in [5.41, 5.74) is 7.55. The molecule has 2 aromatic rings. The molecule has 0 bridgehead atoms. The summed E-state index contributed by atoms with van der Waals surface area (Å²) in [4.78, 5) is 18.9. The minimum atomic E-state index is 0.0731. The molecule has 116 valence electrons. The van der Waals surface area contributed by atoms with E-state index in [1.807, 2.05) is 39.9 Å². The van der Waals surface area contributed by atoms with Gasteiger partial charge < -0.3 is 15.2 Å². The highest BCUT2D eigenvalue weighted by molar-refractivity contribution is 5.95. The fourth-order valence-electron chi connectivity index (χ4n) is 3.24. The summed E-state index contributed by atoms with van der Waals surface area (Å²) in [6.07, 6.45) is 7.51. The molecule has 1 saturated heterocycles. The molecule has 0 spiro atoms. The average Bonchev–Trinajstić information content (AvgIpc) is 3.08. The van der Waals surface area contributed by atoms with E-state index in [1.54, 1.807) is 12.5 Å². The largest absolute Gasteiger partial charge is 0.334 e. The van der Waals surface area contributed by atoms with Gasteiger partial charge >= 0.3 is 0 Å². The van der Waals surface area contributed by atoms with Crippen molar-refractivity contribution in [2.45, 2.75) is 25.8 Å². The smallest absolute Gasteiger partial charge is 0.254 e. The van der Waals surface area contributed by atoms with E-state index in [-0.39, 0.29) is 11.9 Å². The fourth-order valence-corrected chi connectivity index (χ4v) is 3.24. The molecule has 2 atom stereocenters.